The van der Waals surface area contributed by atoms with E-state index in [0.717, 1.165) is 64.2 Å². The summed E-state index contributed by atoms with van der Waals surface area (Å²) in [5.41, 5.74) is 0. The first-order chi connectivity index (χ1) is 24.0. The second kappa shape index (κ2) is 33.8. The average Bonchev–Trinajstić information content (AvgIpc) is 3.06. The molecule has 50 heavy (non-hydrogen) atoms. The molecular weight excluding hydrogens is 647 g/mol. The Morgan fingerprint density at radius 1 is 0.680 bits per heavy atom. The molecule has 0 saturated carbocycles. The summed E-state index contributed by atoms with van der Waals surface area (Å²) >= 11 is 0. The molecule has 0 aromatic heterocycles. The summed E-state index contributed by atoms with van der Waals surface area (Å²) in [6.07, 6.45) is 37.6. The number of phosphoric acid groups is 1. The van der Waals surface area contributed by atoms with Gasteiger partial charge in [0.2, 0.25) is 5.91 Å². The maximum absolute atomic E-state index is 12.8. The van der Waals surface area contributed by atoms with Crippen molar-refractivity contribution in [2.45, 2.75) is 193 Å². The lowest BCUT2D eigenvalue weighted by Gasteiger charge is -2.26. The smallest absolute Gasteiger partial charge is 0.391 e. The molecule has 0 saturated heterocycles. The van der Waals surface area contributed by atoms with E-state index in [4.69, 9.17) is 9.05 Å². The van der Waals surface area contributed by atoms with E-state index in [2.05, 4.69) is 43.5 Å². The summed E-state index contributed by atoms with van der Waals surface area (Å²) in [7, 11) is 1.60. The van der Waals surface area contributed by atoms with Gasteiger partial charge in [-0.25, -0.2) is 4.57 Å². The van der Waals surface area contributed by atoms with Crippen molar-refractivity contribution in [2.24, 2.45) is 0 Å². The van der Waals surface area contributed by atoms with Crippen LogP contribution < -0.4 is 5.32 Å². The number of allylic oxidation sites excluding steroid dienone is 4. The van der Waals surface area contributed by atoms with E-state index in [9.17, 15) is 19.4 Å². The number of carbonyl (C=O) groups excluding carboxylic acids is 1. The molecule has 1 amide bonds. The third-order valence-corrected chi connectivity index (χ3v) is 10.2. The van der Waals surface area contributed by atoms with Crippen LogP contribution >= 0.6 is 7.82 Å². The van der Waals surface area contributed by atoms with Crippen molar-refractivity contribution < 1.29 is 32.9 Å². The monoisotopic (exact) mass is 730 g/mol. The number of carbonyl (C=O) groups is 1. The number of hydrogen-bond acceptors (Lipinski definition) is 5. The van der Waals surface area contributed by atoms with Crippen LogP contribution in [-0.4, -0.2) is 73.4 Å². The predicted octanol–water partition coefficient (Wildman–Crippen LogP) is 11.0. The molecule has 296 valence electrons. The molecule has 0 aliphatic rings. The summed E-state index contributed by atoms with van der Waals surface area (Å²) in [6, 6.07) is -0.764. The maximum Gasteiger partial charge on any atom is 0.472 e. The van der Waals surface area contributed by atoms with Crippen molar-refractivity contribution in [3.05, 3.63) is 24.3 Å². The van der Waals surface area contributed by atoms with Gasteiger partial charge in [-0.2, -0.15) is 0 Å². The fourth-order valence-corrected chi connectivity index (χ4v) is 6.57. The van der Waals surface area contributed by atoms with Crippen molar-refractivity contribution in [2.75, 3.05) is 40.9 Å². The minimum absolute atomic E-state index is 0.0721. The molecule has 0 radical (unpaired) electrons. The number of quaternary nitrogens is 1. The van der Waals surface area contributed by atoms with E-state index in [1.165, 1.54) is 89.9 Å². The standard InChI is InChI=1S/C41H81N2O6P/c1-6-8-10-12-14-16-18-20-21-23-25-27-29-31-33-35-41(45)42-39(38-49-50(46,47)48-37-36-43(3,4)5)40(44)34-32-30-28-26-24-22-19-17-15-13-11-9-7-2/h14,16,20-21,39-40,44H,6-13,15,17-19,22-38H2,1-5H3,(H-,42,45,46,47)/p+1/b16-14-,21-20-/t39-,40+/m0/s1. The molecule has 1 unspecified atom stereocenters. The third kappa shape index (κ3) is 35.4. The van der Waals surface area contributed by atoms with Gasteiger partial charge in [0, 0.05) is 6.42 Å². The topological polar surface area (TPSA) is 105 Å². The number of likely N-dealkylation sites (N-methyl/N-ethyl adjacent to an activating group) is 1. The fraction of sp³-hybridized carbons (Fsp3) is 0.878. The van der Waals surface area contributed by atoms with Gasteiger partial charge in [0.1, 0.15) is 13.2 Å². The van der Waals surface area contributed by atoms with Gasteiger partial charge in [-0.05, 0) is 44.9 Å². The molecule has 0 aliphatic heterocycles. The second-order valence-corrected chi connectivity index (χ2v) is 16.8. The molecule has 0 heterocycles. The van der Waals surface area contributed by atoms with E-state index >= 15 is 0 Å². The van der Waals surface area contributed by atoms with Crippen molar-refractivity contribution in [3.8, 4) is 0 Å². The minimum atomic E-state index is -4.31. The number of nitrogens with one attached hydrogen (secondary N) is 1. The zero-order chi connectivity index (χ0) is 37.2. The van der Waals surface area contributed by atoms with E-state index in [1.807, 2.05) is 21.1 Å². The van der Waals surface area contributed by atoms with Crippen molar-refractivity contribution in [1.29, 1.82) is 0 Å². The Morgan fingerprint density at radius 2 is 1.14 bits per heavy atom. The Kier molecular flexibility index (Phi) is 33.1. The lowest BCUT2D eigenvalue weighted by molar-refractivity contribution is -0.870. The van der Waals surface area contributed by atoms with Crippen LogP contribution in [0, 0.1) is 0 Å². The number of unbranched alkanes of at least 4 members (excludes halogenated alkanes) is 20. The van der Waals surface area contributed by atoms with Gasteiger partial charge in [-0.15, -0.1) is 0 Å². The molecule has 0 aromatic carbocycles. The first-order valence-corrected chi connectivity index (χ1v) is 22.2. The van der Waals surface area contributed by atoms with Crippen LogP contribution in [0.2, 0.25) is 0 Å². The van der Waals surface area contributed by atoms with Crippen LogP contribution in [0.4, 0.5) is 0 Å². The molecule has 3 atom stereocenters. The van der Waals surface area contributed by atoms with E-state index in [1.54, 1.807) is 0 Å². The lowest BCUT2D eigenvalue weighted by atomic mass is 10.0. The van der Waals surface area contributed by atoms with Gasteiger partial charge in [0.05, 0.1) is 39.9 Å². The molecule has 9 heteroatoms. The predicted molar refractivity (Wildman–Crippen MR) is 212 cm³/mol. The summed E-state index contributed by atoms with van der Waals surface area (Å²) in [4.78, 5) is 23.1. The molecule has 3 N–H and O–H groups in total. The zero-order valence-electron chi connectivity index (χ0n) is 33.4. The number of hydrogen-bond donors (Lipinski definition) is 3. The summed E-state index contributed by atoms with van der Waals surface area (Å²) in [5, 5.41) is 13.9. The largest absolute Gasteiger partial charge is 0.472 e. The number of amides is 1. The van der Waals surface area contributed by atoms with Gasteiger partial charge in [-0.3, -0.25) is 13.8 Å². The summed E-state index contributed by atoms with van der Waals surface area (Å²) in [5.74, 6) is -0.160. The number of rotatable bonds is 37. The molecule has 0 bridgehead atoms. The Labute approximate surface area is 309 Å². The first-order valence-electron chi connectivity index (χ1n) is 20.7. The SMILES string of the molecule is CCCCC/C=C\C/C=C\CCCCCCCC(=O)N[C@@H](COP(=O)(O)OCC[N+](C)(C)C)[C@H](O)CCCCCCCCCCCCCCC. The van der Waals surface area contributed by atoms with Crippen LogP contribution in [-0.2, 0) is 18.4 Å². The average molecular weight is 730 g/mol. The van der Waals surface area contributed by atoms with Crippen LogP contribution in [0.15, 0.2) is 24.3 Å². The van der Waals surface area contributed by atoms with Gasteiger partial charge in [0.15, 0.2) is 0 Å². The van der Waals surface area contributed by atoms with Crippen LogP contribution in [0.5, 0.6) is 0 Å². The molecular formula is C41H82N2O6P+. The highest BCUT2D eigenvalue weighted by Gasteiger charge is 2.28. The van der Waals surface area contributed by atoms with Gasteiger partial charge >= 0.3 is 7.82 Å². The second-order valence-electron chi connectivity index (χ2n) is 15.4. The van der Waals surface area contributed by atoms with Crippen LogP contribution in [0.1, 0.15) is 181 Å². The molecule has 0 aliphatic carbocycles. The number of nitrogens with zero attached hydrogens (tertiary/aromatic N) is 1. The quantitative estimate of drug-likeness (QED) is 0.0254. The Balaban J connectivity index is 4.45. The zero-order valence-corrected chi connectivity index (χ0v) is 34.3. The molecule has 0 fully saturated rings. The lowest BCUT2D eigenvalue weighted by Crippen LogP contribution is -2.46. The Morgan fingerprint density at radius 3 is 1.68 bits per heavy atom. The molecule has 8 nitrogen and oxygen atoms in total. The maximum atomic E-state index is 12.8. The van der Waals surface area contributed by atoms with E-state index < -0.39 is 20.0 Å². The van der Waals surface area contributed by atoms with Gasteiger partial charge < -0.3 is 19.8 Å². The van der Waals surface area contributed by atoms with Crippen molar-refractivity contribution in [3.63, 3.8) is 0 Å². The highest BCUT2D eigenvalue weighted by atomic mass is 31.2. The Bertz CT molecular complexity index is 876. The Hall–Kier alpha value is -1.02. The molecule has 0 aromatic rings. The highest BCUT2D eigenvalue weighted by molar-refractivity contribution is 7.47. The fourth-order valence-electron chi connectivity index (χ4n) is 5.84. The first kappa shape index (κ1) is 49.0. The number of phosphoric ester groups is 1. The van der Waals surface area contributed by atoms with Crippen LogP contribution in [0.25, 0.3) is 0 Å². The van der Waals surface area contributed by atoms with Gasteiger partial charge in [-0.1, -0.05) is 154 Å². The normalized spacial score (nSPS) is 14.8. The van der Waals surface area contributed by atoms with Crippen LogP contribution in [0.3, 0.4) is 0 Å². The van der Waals surface area contributed by atoms with Crippen molar-refractivity contribution in [1.82, 2.24) is 5.32 Å². The number of aliphatic hydroxyl groups excluding tert-OH is 1. The van der Waals surface area contributed by atoms with E-state index in [0.29, 0.717) is 23.9 Å². The molecule has 0 spiro atoms. The highest BCUT2D eigenvalue weighted by Crippen LogP contribution is 2.43. The molecule has 0 rings (SSSR count). The third-order valence-electron chi connectivity index (χ3n) is 9.20. The number of aliphatic hydroxyl groups is 1. The summed E-state index contributed by atoms with van der Waals surface area (Å²) in [6.45, 7) is 4.83. The van der Waals surface area contributed by atoms with E-state index in [-0.39, 0.29) is 19.1 Å². The van der Waals surface area contributed by atoms with Gasteiger partial charge in [0.25, 0.3) is 0 Å². The van der Waals surface area contributed by atoms with Crippen molar-refractivity contribution >= 4 is 13.7 Å². The minimum Gasteiger partial charge on any atom is -0.391 e. The summed E-state index contributed by atoms with van der Waals surface area (Å²) < 4.78 is 23.5.